The molecule has 2 heterocycles. The third kappa shape index (κ3) is 3.86. The van der Waals surface area contributed by atoms with Gasteiger partial charge < -0.3 is 10.4 Å². The summed E-state index contributed by atoms with van der Waals surface area (Å²) in [7, 11) is 0. The maximum Gasteiger partial charge on any atom is 0.258 e. The standard InChI is InChI=1S/C14H12N4O2/c19-7-2-1-4-11-8-12(10-15-9-11)14(20)17-13-5-3-6-16-18-13/h3,5-6,8-10,19H,2,7H2,(H,17,18,20). The number of aliphatic hydroxyl groups excluding tert-OH is 1. The zero-order valence-electron chi connectivity index (χ0n) is 10.6. The molecule has 1 amide bonds. The van der Waals surface area contributed by atoms with E-state index in [-0.39, 0.29) is 12.5 Å². The molecule has 2 aromatic rings. The van der Waals surface area contributed by atoms with E-state index in [2.05, 4.69) is 32.3 Å². The molecule has 0 unspecified atom stereocenters. The summed E-state index contributed by atoms with van der Waals surface area (Å²) in [5, 5.41) is 18.7. The summed E-state index contributed by atoms with van der Waals surface area (Å²) in [4.78, 5) is 16.0. The Hall–Kier alpha value is -2.78. The van der Waals surface area contributed by atoms with Crippen molar-refractivity contribution in [2.45, 2.75) is 6.42 Å². The van der Waals surface area contributed by atoms with Gasteiger partial charge in [-0.05, 0) is 18.2 Å². The summed E-state index contributed by atoms with van der Waals surface area (Å²) in [5.41, 5.74) is 0.997. The lowest BCUT2D eigenvalue weighted by Crippen LogP contribution is -2.13. The minimum Gasteiger partial charge on any atom is -0.395 e. The molecule has 0 atom stereocenters. The van der Waals surface area contributed by atoms with E-state index in [4.69, 9.17) is 5.11 Å². The third-order valence-corrected chi connectivity index (χ3v) is 2.28. The Labute approximate surface area is 115 Å². The molecule has 2 N–H and O–H groups in total. The Bertz CT molecular complexity index is 647. The Kier molecular flexibility index (Phi) is 4.76. The molecule has 100 valence electrons. The number of aromatic nitrogens is 3. The van der Waals surface area contributed by atoms with Gasteiger partial charge in [0.2, 0.25) is 0 Å². The van der Waals surface area contributed by atoms with E-state index in [1.807, 2.05) is 0 Å². The van der Waals surface area contributed by atoms with Crippen molar-refractivity contribution in [3.8, 4) is 11.8 Å². The number of nitrogens with zero attached hydrogens (tertiary/aromatic N) is 3. The fraction of sp³-hybridized carbons (Fsp3) is 0.143. The average Bonchev–Trinajstić information content (AvgIpc) is 2.49. The summed E-state index contributed by atoms with van der Waals surface area (Å²) in [6.07, 6.45) is 4.91. The van der Waals surface area contributed by atoms with Gasteiger partial charge in [-0.15, -0.1) is 5.10 Å². The zero-order valence-corrected chi connectivity index (χ0v) is 10.6. The number of carbonyl (C=O) groups is 1. The molecule has 0 spiro atoms. The molecule has 0 aromatic carbocycles. The fourth-order valence-electron chi connectivity index (χ4n) is 1.41. The number of hydrogen-bond acceptors (Lipinski definition) is 5. The highest BCUT2D eigenvalue weighted by atomic mass is 16.2. The van der Waals surface area contributed by atoms with Gasteiger partial charge in [-0.25, -0.2) is 0 Å². The van der Waals surface area contributed by atoms with Gasteiger partial charge in [-0.3, -0.25) is 9.78 Å². The van der Waals surface area contributed by atoms with Gasteiger partial charge in [0.05, 0.1) is 12.2 Å². The summed E-state index contributed by atoms with van der Waals surface area (Å²) in [6, 6.07) is 4.95. The first-order chi connectivity index (χ1) is 9.79. The SMILES string of the molecule is O=C(Nc1cccnn1)c1cncc(C#CCCO)c1. The number of rotatable bonds is 3. The molecule has 6 nitrogen and oxygen atoms in total. The predicted octanol–water partition coefficient (Wildman–Crippen LogP) is 0.858. The second-order valence-corrected chi connectivity index (χ2v) is 3.80. The second kappa shape index (κ2) is 6.97. The first kappa shape index (κ1) is 13.6. The van der Waals surface area contributed by atoms with Crippen LogP contribution in [0.2, 0.25) is 0 Å². The van der Waals surface area contributed by atoms with E-state index in [9.17, 15) is 4.79 Å². The third-order valence-electron chi connectivity index (χ3n) is 2.28. The van der Waals surface area contributed by atoms with Crippen LogP contribution in [0.4, 0.5) is 5.82 Å². The lowest BCUT2D eigenvalue weighted by molar-refractivity contribution is 0.102. The molecule has 0 aliphatic heterocycles. The van der Waals surface area contributed by atoms with Crippen LogP contribution in [-0.4, -0.2) is 32.8 Å². The zero-order chi connectivity index (χ0) is 14.2. The van der Waals surface area contributed by atoms with Gasteiger partial charge in [0.15, 0.2) is 5.82 Å². The van der Waals surface area contributed by atoms with Crippen molar-refractivity contribution in [3.63, 3.8) is 0 Å². The summed E-state index contributed by atoms with van der Waals surface area (Å²) < 4.78 is 0. The Morgan fingerprint density at radius 3 is 3.05 bits per heavy atom. The maximum absolute atomic E-state index is 12.0. The van der Waals surface area contributed by atoms with Crippen molar-refractivity contribution in [2.75, 3.05) is 11.9 Å². The second-order valence-electron chi connectivity index (χ2n) is 3.80. The van der Waals surface area contributed by atoms with E-state index in [0.717, 1.165) is 0 Å². The average molecular weight is 268 g/mol. The normalized spacial score (nSPS) is 9.45. The summed E-state index contributed by atoms with van der Waals surface area (Å²) in [5.74, 6) is 5.64. The Morgan fingerprint density at radius 2 is 2.30 bits per heavy atom. The first-order valence-corrected chi connectivity index (χ1v) is 5.93. The Morgan fingerprint density at radius 1 is 1.40 bits per heavy atom. The van der Waals surface area contributed by atoms with Crippen molar-refractivity contribution in [2.24, 2.45) is 0 Å². The molecule has 20 heavy (non-hydrogen) atoms. The van der Waals surface area contributed by atoms with Crippen LogP contribution in [0.1, 0.15) is 22.3 Å². The number of amides is 1. The van der Waals surface area contributed by atoms with Crippen molar-refractivity contribution < 1.29 is 9.90 Å². The fourth-order valence-corrected chi connectivity index (χ4v) is 1.41. The molecule has 6 heteroatoms. The maximum atomic E-state index is 12.0. The summed E-state index contributed by atoms with van der Waals surface area (Å²) in [6.45, 7) is 0.00722. The van der Waals surface area contributed by atoms with Gasteiger partial charge in [0.25, 0.3) is 5.91 Å². The molecule has 0 radical (unpaired) electrons. The van der Waals surface area contributed by atoms with Crippen LogP contribution in [0.25, 0.3) is 0 Å². The van der Waals surface area contributed by atoms with Gasteiger partial charge in [0, 0.05) is 30.6 Å². The quantitative estimate of drug-likeness (QED) is 0.806. The predicted molar refractivity (Wildman–Crippen MR) is 72.8 cm³/mol. The lowest BCUT2D eigenvalue weighted by Gasteiger charge is -2.03. The van der Waals surface area contributed by atoms with Gasteiger partial charge >= 0.3 is 0 Å². The Balaban J connectivity index is 2.11. The molecule has 0 fully saturated rings. The van der Waals surface area contributed by atoms with Crippen molar-refractivity contribution >= 4 is 11.7 Å². The highest BCUT2D eigenvalue weighted by Gasteiger charge is 2.07. The molecule has 0 aliphatic carbocycles. The molecular weight excluding hydrogens is 256 g/mol. The van der Waals surface area contributed by atoms with Crippen LogP contribution >= 0.6 is 0 Å². The number of pyridine rings is 1. The molecule has 0 saturated carbocycles. The van der Waals surface area contributed by atoms with Crippen LogP contribution < -0.4 is 5.32 Å². The van der Waals surface area contributed by atoms with E-state index in [1.165, 1.54) is 12.4 Å². The highest BCUT2D eigenvalue weighted by molar-refractivity contribution is 6.03. The van der Waals surface area contributed by atoms with E-state index in [0.29, 0.717) is 23.4 Å². The van der Waals surface area contributed by atoms with E-state index < -0.39 is 0 Å². The minimum atomic E-state index is -0.330. The van der Waals surface area contributed by atoms with Crippen LogP contribution in [0.5, 0.6) is 0 Å². The largest absolute Gasteiger partial charge is 0.395 e. The number of aliphatic hydroxyl groups is 1. The van der Waals surface area contributed by atoms with Crippen LogP contribution in [0.15, 0.2) is 36.8 Å². The van der Waals surface area contributed by atoms with Gasteiger partial charge in [-0.2, -0.15) is 5.10 Å². The van der Waals surface area contributed by atoms with Crippen molar-refractivity contribution in [1.29, 1.82) is 0 Å². The molecular formula is C14H12N4O2. The highest BCUT2D eigenvalue weighted by Crippen LogP contribution is 2.06. The number of hydrogen-bond donors (Lipinski definition) is 2. The number of carbonyl (C=O) groups excluding carboxylic acids is 1. The minimum absolute atomic E-state index is 0.00722. The molecule has 0 aliphatic rings. The van der Waals surface area contributed by atoms with E-state index in [1.54, 1.807) is 24.4 Å². The van der Waals surface area contributed by atoms with Gasteiger partial charge in [-0.1, -0.05) is 11.8 Å². The van der Waals surface area contributed by atoms with Crippen LogP contribution in [0, 0.1) is 11.8 Å². The van der Waals surface area contributed by atoms with Crippen LogP contribution in [-0.2, 0) is 0 Å². The topological polar surface area (TPSA) is 88.0 Å². The van der Waals surface area contributed by atoms with Crippen molar-refractivity contribution in [1.82, 2.24) is 15.2 Å². The first-order valence-electron chi connectivity index (χ1n) is 5.93. The molecule has 0 saturated heterocycles. The molecule has 2 rings (SSSR count). The monoisotopic (exact) mass is 268 g/mol. The lowest BCUT2D eigenvalue weighted by atomic mass is 10.2. The summed E-state index contributed by atoms with van der Waals surface area (Å²) >= 11 is 0. The molecule has 2 aromatic heterocycles. The number of nitrogens with one attached hydrogen (secondary N) is 1. The van der Waals surface area contributed by atoms with Crippen LogP contribution in [0.3, 0.4) is 0 Å². The number of anilines is 1. The smallest absolute Gasteiger partial charge is 0.258 e. The molecule has 0 bridgehead atoms. The van der Waals surface area contributed by atoms with E-state index >= 15 is 0 Å². The van der Waals surface area contributed by atoms with Crippen molar-refractivity contribution in [3.05, 3.63) is 47.9 Å². The van der Waals surface area contributed by atoms with Gasteiger partial charge in [0.1, 0.15) is 0 Å².